The van der Waals surface area contributed by atoms with Crippen LogP contribution in [0.3, 0.4) is 0 Å². The molecule has 0 bridgehead atoms. The summed E-state index contributed by atoms with van der Waals surface area (Å²) in [6, 6.07) is -1.18. The average molecular weight is 523 g/mol. The van der Waals surface area contributed by atoms with Gasteiger partial charge >= 0.3 is 6.18 Å². The molecule has 1 aliphatic heterocycles. The highest BCUT2D eigenvalue weighted by atomic mass is 32.2. The SMILES string of the molecule is Cc1nc(C(C)(CS(C)(=O)=O)NC(=O)C2C=C(O[C@@H](C)C(F)(F)F)C(C3(O)CCC3)=CN2C)no1. The highest BCUT2D eigenvalue weighted by Crippen LogP contribution is 2.44. The molecular formula is C21H29F3N4O6S. The molecule has 3 rings (SSSR count). The summed E-state index contributed by atoms with van der Waals surface area (Å²) in [6.07, 6.45) is -1.93. The van der Waals surface area contributed by atoms with E-state index in [1.165, 1.54) is 38.1 Å². The van der Waals surface area contributed by atoms with Crippen molar-refractivity contribution < 1.29 is 40.8 Å². The fourth-order valence-electron chi connectivity index (χ4n) is 4.00. The van der Waals surface area contributed by atoms with Crippen LogP contribution in [0.25, 0.3) is 0 Å². The molecule has 35 heavy (non-hydrogen) atoms. The van der Waals surface area contributed by atoms with E-state index in [1.807, 2.05) is 0 Å². The van der Waals surface area contributed by atoms with E-state index in [0.29, 0.717) is 19.3 Å². The predicted molar refractivity (Wildman–Crippen MR) is 117 cm³/mol. The van der Waals surface area contributed by atoms with Gasteiger partial charge in [0.1, 0.15) is 27.2 Å². The van der Waals surface area contributed by atoms with E-state index in [-0.39, 0.29) is 23.0 Å². The van der Waals surface area contributed by atoms with Crippen molar-refractivity contribution in [3.05, 3.63) is 35.3 Å². The summed E-state index contributed by atoms with van der Waals surface area (Å²) in [5.74, 6) is -1.46. The Labute approximate surface area is 201 Å². The van der Waals surface area contributed by atoms with Crippen LogP contribution >= 0.6 is 0 Å². The van der Waals surface area contributed by atoms with Crippen molar-refractivity contribution in [3.8, 4) is 0 Å². The molecular weight excluding hydrogens is 493 g/mol. The monoisotopic (exact) mass is 522 g/mol. The van der Waals surface area contributed by atoms with Gasteiger partial charge in [-0.05, 0) is 39.2 Å². The van der Waals surface area contributed by atoms with Crippen molar-refractivity contribution in [2.75, 3.05) is 19.1 Å². The number of nitrogens with zero attached hydrogens (tertiary/aromatic N) is 3. The Kier molecular flexibility index (Phi) is 7.03. The van der Waals surface area contributed by atoms with Crippen LogP contribution in [0.4, 0.5) is 13.2 Å². The Hall–Kier alpha value is -2.61. The number of rotatable bonds is 8. The van der Waals surface area contributed by atoms with Crippen LogP contribution in [0.1, 0.15) is 44.8 Å². The Balaban J connectivity index is 1.95. The number of aryl methyl sites for hydroxylation is 1. The number of aliphatic hydroxyl groups is 1. The molecule has 1 aromatic rings. The van der Waals surface area contributed by atoms with Crippen molar-refractivity contribution >= 4 is 15.7 Å². The first kappa shape index (κ1) is 27.0. The van der Waals surface area contributed by atoms with Crippen molar-refractivity contribution in [1.29, 1.82) is 0 Å². The van der Waals surface area contributed by atoms with E-state index in [0.717, 1.165) is 13.2 Å². The van der Waals surface area contributed by atoms with Gasteiger partial charge < -0.3 is 24.6 Å². The number of halogens is 3. The molecule has 1 amide bonds. The van der Waals surface area contributed by atoms with Gasteiger partial charge in [-0.1, -0.05) is 5.16 Å². The van der Waals surface area contributed by atoms with Crippen LogP contribution < -0.4 is 5.32 Å². The third kappa shape index (κ3) is 5.97. The van der Waals surface area contributed by atoms with E-state index in [9.17, 15) is 31.5 Å². The highest BCUT2D eigenvalue weighted by molar-refractivity contribution is 7.90. The quantitative estimate of drug-likeness (QED) is 0.523. The van der Waals surface area contributed by atoms with Gasteiger partial charge in [0.2, 0.25) is 11.8 Å². The zero-order valence-corrected chi connectivity index (χ0v) is 20.8. The van der Waals surface area contributed by atoms with Gasteiger partial charge in [0.15, 0.2) is 11.9 Å². The van der Waals surface area contributed by atoms with Crippen LogP contribution in [0.5, 0.6) is 0 Å². The number of likely N-dealkylation sites (N-methyl/N-ethyl adjacent to an activating group) is 1. The molecule has 3 atom stereocenters. The molecule has 0 spiro atoms. The number of sulfone groups is 1. The lowest BCUT2D eigenvalue weighted by Gasteiger charge is -2.43. The molecule has 2 heterocycles. The van der Waals surface area contributed by atoms with Crippen LogP contribution in [0.15, 0.2) is 28.1 Å². The van der Waals surface area contributed by atoms with Crippen LogP contribution in [-0.2, 0) is 24.9 Å². The molecule has 196 valence electrons. The summed E-state index contributed by atoms with van der Waals surface area (Å²) in [5, 5.41) is 17.2. The highest BCUT2D eigenvalue weighted by Gasteiger charge is 2.47. The van der Waals surface area contributed by atoms with Crippen molar-refractivity contribution in [1.82, 2.24) is 20.4 Å². The van der Waals surface area contributed by atoms with Crippen molar-refractivity contribution in [2.45, 2.75) is 69.5 Å². The number of amides is 1. The van der Waals surface area contributed by atoms with Gasteiger partial charge in [-0.25, -0.2) is 8.42 Å². The molecule has 1 saturated carbocycles. The van der Waals surface area contributed by atoms with Gasteiger partial charge in [-0.3, -0.25) is 4.79 Å². The standard InChI is InChI=1S/C21H29F3N4O6S/c1-12(21(22,23)24)33-16-9-15(28(4)10-14(16)20(30)7-6-8-20)17(29)26-19(3,11-35(5,31)32)18-25-13(2)34-27-18/h9-10,12,15,30H,6-8,11H2,1-5H3,(H,26,29)/t12-,15?,19?/m0/s1. The fourth-order valence-corrected chi connectivity index (χ4v) is 5.25. The maximum Gasteiger partial charge on any atom is 0.425 e. The van der Waals surface area contributed by atoms with Crippen LogP contribution in [0.2, 0.25) is 0 Å². The summed E-state index contributed by atoms with van der Waals surface area (Å²) >= 11 is 0. The summed E-state index contributed by atoms with van der Waals surface area (Å²) in [4.78, 5) is 18.8. The molecule has 1 aromatic heterocycles. The lowest BCUT2D eigenvalue weighted by molar-refractivity contribution is -0.203. The second-order valence-electron chi connectivity index (χ2n) is 9.40. The molecule has 14 heteroatoms. The zero-order valence-electron chi connectivity index (χ0n) is 20.0. The summed E-state index contributed by atoms with van der Waals surface area (Å²) < 4.78 is 74.0. The number of nitrogens with one attached hydrogen (secondary N) is 1. The number of alkyl halides is 3. The smallest absolute Gasteiger partial charge is 0.425 e. The van der Waals surface area contributed by atoms with Gasteiger partial charge in [-0.2, -0.15) is 18.2 Å². The van der Waals surface area contributed by atoms with E-state index in [2.05, 4.69) is 15.5 Å². The third-order valence-corrected chi connectivity index (χ3v) is 7.13. The number of hydrogen-bond donors (Lipinski definition) is 2. The minimum Gasteiger partial charge on any atom is -0.481 e. The minimum atomic E-state index is -4.67. The Morgan fingerprint density at radius 1 is 1.43 bits per heavy atom. The normalized spacial score (nSPS) is 22.9. The number of ether oxygens (including phenoxy) is 1. The summed E-state index contributed by atoms with van der Waals surface area (Å²) in [5.41, 5.74) is -2.80. The van der Waals surface area contributed by atoms with E-state index in [4.69, 9.17) is 9.26 Å². The molecule has 2 N–H and O–H groups in total. The van der Waals surface area contributed by atoms with E-state index >= 15 is 0 Å². The zero-order chi connectivity index (χ0) is 26.4. The van der Waals surface area contributed by atoms with E-state index < -0.39 is 51.0 Å². The lowest BCUT2D eigenvalue weighted by Crippen LogP contribution is -2.55. The number of carbonyl (C=O) groups is 1. The molecule has 0 aromatic carbocycles. The second-order valence-corrected chi connectivity index (χ2v) is 11.5. The maximum atomic E-state index is 13.3. The molecule has 2 aliphatic rings. The van der Waals surface area contributed by atoms with Crippen molar-refractivity contribution in [2.24, 2.45) is 0 Å². The van der Waals surface area contributed by atoms with Gasteiger partial charge in [0, 0.05) is 32.0 Å². The first-order valence-corrected chi connectivity index (χ1v) is 12.9. The number of aromatic nitrogens is 2. The Morgan fingerprint density at radius 3 is 2.51 bits per heavy atom. The molecule has 2 unspecified atom stereocenters. The fraction of sp³-hybridized carbons (Fsp3) is 0.667. The lowest BCUT2D eigenvalue weighted by atomic mass is 9.73. The molecule has 1 aliphatic carbocycles. The second kappa shape index (κ2) is 9.12. The van der Waals surface area contributed by atoms with Crippen LogP contribution in [0, 0.1) is 6.92 Å². The van der Waals surface area contributed by atoms with Gasteiger partial charge in [0.05, 0.1) is 11.4 Å². The number of hydrogen-bond acceptors (Lipinski definition) is 9. The first-order chi connectivity index (χ1) is 15.9. The van der Waals surface area contributed by atoms with E-state index in [1.54, 1.807) is 0 Å². The minimum absolute atomic E-state index is 0.0709. The molecule has 1 fully saturated rings. The van der Waals surface area contributed by atoms with Crippen LogP contribution in [-0.4, -0.2) is 77.5 Å². The van der Waals surface area contributed by atoms with Gasteiger partial charge in [0.25, 0.3) is 0 Å². The summed E-state index contributed by atoms with van der Waals surface area (Å²) in [6.45, 7) is 3.74. The Morgan fingerprint density at radius 2 is 2.06 bits per heavy atom. The predicted octanol–water partition coefficient (Wildman–Crippen LogP) is 1.72. The average Bonchev–Trinajstić information content (AvgIpc) is 3.12. The van der Waals surface area contributed by atoms with Gasteiger partial charge in [-0.15, -0.1) is 0 Å². The summed E-state index contributed by atoms with van der Waals surface area (Å²) in [7, 11) is -2.12. The molecule has 0 saturated heterocycles. The van der Waals surface area contributed by atoms with Crippen molar-refractivity contribution in [3.63, 3.8) is 0 Å². The largest absolute Gasteiger partial charge is 0.481 e. The third-order valence-electron chi connectivity index (χ3n) is 6.03. The Bertz CT molecular complexity index is 1140. The molecule has 10 nitrogen and oxygen atoms in total. The first-order valence-electron chi connectivity index (χ1n) is 10.9. The topological polar surface area (TPSA) is 135 Å². The molecule has 0 radical (unpaired) electrons. The number of carbonyl (C=O) groups excluding carboxylic acids is 1. The maximum absolute atomic E-state index is 13.3.